The van der Waals surface area contributed by atoms with Crippen molar-refractivity contribution >= 4 is 16.6 Å². The third-order valence-electron chi connectivity index (χ3n) is 8.24. The predicted octanol–water partition coefficient (Wildman–Crippen LogP) is 2.44. The fraction of sp³-hybridized carbons (Fsp3) is 0.375. The lowest BCUT2D eigenvalue weighted by Crippen LogP contribution is -2.74. The molecule has 152 valence electrons. The maximum absolute atomic E-state index is 12.4. The van der Waals surface area contributed by atoms with Crippen LogP contribution in [0.5, 0.6) is 11.5 Å². The molecule has 4 aliphatic rings. The normalized spacial score (nSPS) is 33.1. The Hall–Kier alpha value is -2.83. The smallest absolute Gasteiger partial charge is 0.166 e. The summed E-state index contributed by atoms with van der Waals surface area (Å²) >= 11 is 0. The maximum atomic E-state index is 12.4. The number of phenolic OH excluding ortho intramolecular Hbond substituents is 1. The van der Waals surface area contributed by atoms with Crippen LogP contribution in [-0.2, 0) is 18.3 Å². The molecule has 2 bridgehead atoms. The number of likely N-dealkylation sites (N-methyl/N-ethyl adjacent to an activating group) is 1. The summed E-state index contributed by atoms with van der Waals surface area (Å²) in [4.78, 5) is 7.27. The first-order chi connectivity index (χ1) is 14.5. The molecule has 3 heterocycles. The van der Waals surface area contributed by atoms with E-state index >= 15 is 0 Å². The number of fused-ring (bicyclic) bond motifs is 3. The summed E-state index contributed by atoms with van der Waals surface area (Å²) in [6.45, 7) is 0.861. The topological polar surface area (TPSA) is 91.8 Å². The highest BCUT2D eigenvalue weighted by Crippen LogP contribution is 2.68. The van der Waals surface area contributed by atoms with Crippen LogP contribution >= 0.6 is 0 Å². The van der Waals surface area contributed by atoms with E-state index in [2.05, 4.69) is 11.9 Å². The highest BCUT2D eigenvalue weighted by atomic mass is 16.5. The summed E-state index contributed by atoms with van der Waals surface area (Å²) in [6.07, 6.45) is 1.45. The molecule has 0 radical (unpaired) electrons. The zero-order valence-corrected chi connectivity index (χ0v) is 16.7. The summed E-state index contributed by atoms with van der Waals surface area (Å²) in [5.74, 6) is 0.646. The van der Waals surface area contributed by atoms with Crippen molar-refractivity contribution in [2.75, 3.05) is 19.3 Å². The first kappa shape index (κ1) is 16.9. The molecule has 2 aliphatic heterocycles. The van der Waals surface area contributed by atoms with Crippen molar-refractivity contribution in [3.05, 3.63) is 58.8 Å². The number of aromatic nitrogens is 1. The molecule has 2 aliphatic carbocycles. The fourth-order valence-corrected chi connectivity index (χ4v) is 6.89. The highest BCUT2D eigenvalue weighted by molar-refractivity contribution is 5.92. The molecule has 30 heavy (non-hydrogen) atoms. The number of nitrogens with two attached hydrogens (primary N) is 1. The quantitative estimate of drug-likeness (QED) is 0.536. The number of hydrogen-bond donors (Lipinski definition) is 3. The second-order valence-electron chi connectivity index (χ2n) is 9.38. The summed E-state index contributed by atoms with van der Waals surface area (Å²) in [5, 5.41) is 24.0. The van der Waals surface area contributed by atoms with Crippen molar-refractivity contribution in [3.63, 3.8) is 0 Å². The number of ether oxygens (including phenoxy) is 1. The van der Waals surface area contributed by atoms with Gasteiger partial charge in [-0.1, -0.05) is 24.3 Å². The van der Waals surface area contributed by atoms with E-state index in [0.717, 1.165) is 52.7 Å². The SMILES string of the molecule is CN1CC[C@]23c4c5ccc(O)c4O[C@H]2c2nc4ccccc4c(N)c2C[C@@]3(O)[C@H]1C5. The van der Waals surface area contributed by atoms with E-state index in [9.17, 15) is 10.2 Å². The van der Waals surface area contributed by atoms with Crippen LogP contribution in [0.15, 0.2) is 36.4 Å². The number of nitrogens with zero attached hydrogens (tertiary/aromatic N) is 2. The lowest BCUT2D eigenvalue weighted by molar-refractivity contribution is -0.167. The molecule has 0 amide bonds. The maximum Gasteiger partial charge on any atom is 0.166 e. The van der Waals surface area contributed by atoms with Crippen LogP contribution in [0.1, 0.15) is 34.9 Å². The number of hydrogen-bond acceptors (Lipinski definition) is 6. The van der Waals surface area contributed by atoms with Gasteiger partial charge >= 0.3 is 0 Å². The van der Waals surface area contributed by atoms with Crippen molar-refractivity contribution in [1.29, 1.82) is 0 Å². The Balaban J connectivity index is 1.61. The predicted molar refractivity (Wildman–Crippen MR) is 113 cm³/mol. The van der Waals surface area contributed by atoms with Gasteiger partial charge in [0.1, 0.15) is 0 Å². The Morgan fingerprint density at radius 2 is 2.07 bits per heavy atom. The average Bonchev–Trinajstić information content (AvgIpc) is 3.09. The Kier molecular flexibility index (Phi) is 2.86. The summed E-state index contributed by atoms with van der Waals surface area (Å²) < 4.78 is 6.49. The van der Waals surface area contributed by atoms with Gasteiger partial charge in [-0.3, -0.25) is 0 Å². The van der Waals surface area contributed by atoms with Gasteiger partial charge in [0.05, 0.1) is 22.2 Å². The number of para-hydroxylation sites is 1. The van der Waals surface area contributed by atoms with Gasteiger partial charge in [-0.2, -0.15) is 0 Å². The van der Waals surface area contributed by atoms with Gasteiger partial charge in [-0.05, 0) is 44.1 Å². The Bertz CT molecular complexity index is 1270. The van der Waals surface area contributed by atoms with Crippen molar-refractivity contribution in [2.24, 2.45) is 0 Å². The first-order valence-electron chi connectivity index (χ1n) is 10.6. The fourth-order valence-electron chi connectivity index (χ4n) is 6.89. The minimum atomic E-state index is -1.04. The molecule has 4 atom stereocenters. The van der Waals surface area contributed by atoms with Gasteiger partial charge in [-0.15, -0.1) is 0 Å². The Morgan fingerprint density at radius 1 is 1.23 bits per heavy atom. The van der Waals surface area contributed by atoms with E-state index in [0.29, 0.717) is 17.9 Å². The van der Waals surface area contributed by atoms with Crippen LogP contribution < -0.4 is 10.5 Å². The van der Waals surface area contributed by atoms with Gasteiger partial charge in [-0.25, -0.2) is 4.98 Å². The van der Waals surface area contributed by atoms with Crippen molar-refractivity contribution in [2.45, 2.75) is 42.4 Å². The molecule has 0 unspecified atom stereocenters. The zero-order chi connectivity index (χ0) is 20.4. The number of rotatable bonds is 0. The molecule has 2 aromatic carbocycles. The average molecular weight is 401 g/mol. The van der Waals surface area contributed by atoms with E-state index in [1.54, 1.807) is 6.07 Å². The molecule has 1 aromatic heterocycles. The van der Waals surface area contributed by atoms with Gasteiger partial charge in [0.15, 0.2) is 17.6 Å². The number of benzene rings is 2. The monoisotopic (exact) mass is 401 g/mol. The number of likely N-dealkylation sites (tertiary alicyclic amines) is 1. The van der Waals surface area contributed by atoms with E-state index in [1.807, 2.05) is 30.3 Å². The van der Waals surface area contributed by atoms with Gasteiger partial charge in [0.2, 0.25) is 0 Å². The van der Waals surface area contributed by atoms with Crippen LogP contribution in [-0.4, -0.2) is 45.3 Å². The Morgan fingerprint density at radius 3 is 2.93 bits per heavy atom. The van der Waals surface area contributed by atoms with E-state index in [-0.39, 0.29) is 11.8 Å². The molecule has 0 saturated carbocycles. The number of aromatic hydroxyl groups is 1. The number of piperidine rings is 1. The van der Waals surface area contributed by atoms with E-state index in [1.165, 1.54) is 0 Å². The van der Waals surface area contributed by atoms with Gasteiger partial charge < -0.3 is 25.6 Å². The molecular formula is C24H23N3O3. The minimum absolute atomic E-state index is 0.0423. The molecule has 1 fully saturated rings. The number of pyridine rings is 1. The number of phenols is 1. The van der Waals surface area contributed by atoms with Crippen molar-refractivity contribution in [3.8, 4) is 11.5 Å². The largest absolute Gasteiger partial charge is 0.504 e. The van der Waals surface area contributed by atoms with Gasteiger partial charge in [0, 0.05) is 34.7 Å². The van der Waals surface area contributed by atoms with Crippen molar-refractivity contribution in [1.82, 2.24) is 9.88 Å². The second kappa shape index (κ2) is 5.07. The highest BCUT2D eigenvalue weighted by Gasteiger charge is 2.72. The molecule has 6 nitrogen and oxygen atoms in total. The standard InChI is InChI=1S/C24H23N3O3/c1-27-9-8-23-18-12-6-7-16(28)21(18)30-22(23)20-14(11-24(23,29)17(27)10-12)19(25)13-4-2-3-5-15(13)26-20/h2-7,17,22,28-29H,8-11H2,1H3,(H2,25,26)/t17-,22+,23+,24-/m1/s1. The third kappa shape index (κ3) is 1.62. The first-order valence-corrected chi connectivity index (χ1v) is 10.6. The molecular weight excluding hydrogens is 378 g/mol. The number of anilines is 1. The summed E-state index contributed by atoms with van der Waals surface area (Å²) in [5.41, 5.74) is 10.3. The van der Waals surface area contributed by atoms with E-state index in [4.69, 9.17) is 15.5 Å². The number of nitrogen functional groups attached to an aromatic ring is 1. The molecule has 1 saturated heterocycles. The summed E-state index contributed by atoms with van der Waals surface area (Å²) in [6, 6.07) is 11.5. The lowest BCUT2D eigenvalue weighted by Gasteiger charge is -2.62. The van der Waals surface area contributed by atoms with E-state index < -0.39 is 17.1 Å². The Labute approximate surface area is 173 Å². The molecule has 4 N–H and O–H groups in total. The van der Waals surface area contributed by atoms with Crippen molar-refractivity contribution < 1.29 is 14.9 Å². The van der Waals surface area contributed by atoms with Gasteiger partial charge in [0.25, 0.3) is 0 Å². The van der Waals surface area contributed by atoms with Crippen LogP contribution in [0, 0.1) is 0 Å². The minimum Gasteiger partial charge on any atom is -0.504 e. The molecule has 6 heteroatoms. The van der Waals surface area contributed by atoms with Crippen LogP contribution in [0.2, 0.25) is 0 Å². The second-order valence-corrected chi connectivity index (χ2v) is 9.38. The van der Waals surface area contributed by atoms with Crippen LogP contribution in [0.4, 0.5) is 5.69 Å². The third-order valence-corrected chi connectivity index (χ3v) is 8.24. The molecule has 3 aromatic rings. The number of aliphatic hydroxyl groups is 1. The molecule has 7 rings (SSSR count). The zero-order valence-electron chi connectivity index (χ0n) is 16.7. The van der Waals surface area contributed by atoms with Crippen LogP contribution in [0.25, 0.3) is 10.9 Å². The lowest BCUT2D eigenvalue weighted by atomic mass is 9.49. The summed E-state index contributed by atoms with van der Waals surface area (Å²) in [7, 11) is 2.09. The van der Waals surface area contributed by atoms with Crippen LogP contribution in [0.3, 0.4) is 0 Å². The molecule has 1 spiro atoms.